The first-order valence-electron chi connectivity index (χ1n) is 7.98. The van der Waals surface area contributed by atoms with Crippen LogP contribution in [-0.4, -0.2) is 49.1 Å². The van der Waals surface area contributed by atoms with Crippen LogP contribution in [-0.2, 0) is 0 Å². The van der Waals surface area contributed by atoms with Gasteiger partial charge in [-0.1, -0.05) is 0 Å². The fourth-order valence-electron chi connectivity index (χ4n) is 2.36. The van der Waals surface area contributed by atoms with E-state index in [4.69, 9.17) is 13.4 Å². The quantitative estimate of drug-likeness (QED) is 0.693. The Hall–Kier alpha value is -1.54. The van der Waals surface area contributed by atoms with E-state index in [-0.39, 0.29) is 0 Å². The number of aliphatic hydroxyl groups is 3. The molecule has 1 aliphatic rings. The molecule has 1 aromatic heterocycles. The largest absolute Gasteiger partial charge is 0.477 e. The molecule has 1 aliphatic heterocycles. The van der Waals surface area contributed by atoms with Crippen molar-refractivity contribution >= 4 is 22.7 Å². The molecule has 22 heavy (non-hydrogen) atoms. The smallest absolute Gasteiger partial charge is 0.336 e. The van der Waals surface area contributed by atoms with E-state index in [1.54, 1.807) is 18.2 Å². The highest BCUT2D eigenvalue weighted by molar-refractivity contribution is 7.99. The zero-order chi connectivity index (χ0) is 18.0. The molecule has 0 unspecified atom stereocenters. The predicted molar refractivity (Wildman–Crippen MR) is 82.1 cm³/mol. The number of benzene rings is 1. The van der Waals surface area contributed by atoms with E-state index in [0.29, 0.717) is 17.1 Å². The van der Waals surface area contributed by atoms with Crippen LogP contribution in [0.15, 0.2) is 33.5 Å². The summed E-state index contributed by atoms with van der Waals surface area (Å²) in [6, 6.07) is 6.51. The molecule has 0 amide bonds. The number of hydrogen-bond donors (Lipinski definition) is 3. The molecule has 7 heteroatoms. The van der Waals surface area contributed by atoms with Gasteiger partial charge >= 0.3 is 5.63 Å². The first kappa shape index (κ1) is 12.0. The monoisotopic (exact) mass is 327 g/mol. The number of thioether (sulfide) groups is 1. The molecule has 1 fully saturated rings. The van der Waals surface area contributed by atoms with Crippen LogP contribution in [0, 0.1) is 6.92 Å². The van der Waals surface area contributed by atoms with E-state index in [1.165, 1.54) is 17.8 Å². The highest BCUT2D eigenvalue weighted by Crippen LogP contribution is 2.30. The number of rotatable bonds is 5. The normalized spacial score (nSPS) is 30.5. The van der Waals surface area contributed by atoms with Crippen LogP contribution in [0.5, 0.6) is 5.75 Å². The van der Waals surface area contributed by atoms with E-state index in [2.05, 4.69) is 15.3 Å². The maximum Gasteiger partial charge on any atom is 0.336 e. The first-order chi connectivity index (χ1) is 12.1. The lowest BCUT2D eigenvalue weighted by Crippen LogP contribution is -2.50. The van der Waals surface area contributed by atoms with E-state index in [0.717, 1.165) is 10.9 Å². The topological polar surface area (TPSA) is 100 Å². The molecule has 1 aromatic carbocycles. The van der Waals surface area contributed by atoms with Crippen molar-refractivity contribution in [2.24, 2.45) is 0 Å². The lowest BCUT2D eigenvalue weighted by atomic mass is 10.1. The number of aliphatic hydroxyl groups excluding tert-OH is 3. The Bertz CT molecular complexity index is 800. The van der Waals surface area contributed by atoms with Crippen LogP contribution in [0.4, 0.5) is 0 Å². The highest BCUT2D eigenvalue weighted by atomic mass is 32.2. The van der Waals surface area contributed by atoms with Gasteiger partial charge in [-0.25, -0.2) is 4.79 Å². The van der Waals surface area contributed by atoms with Gasteiger partial charge in [0.2, 0.25) is 4.29 Å². The Balaban J connectivity index is 1.86. The molecular formula is C15H16O6S. The second kappa shape index (κ2) is 5.92. The molecule has 0 saturated carbocycles. The van der Waals surface area contributed by atoms with Gasteiger partial charge in [-0.2, -0.15) is 0 Å². The Labute approximate surface area is 134 Å². The molecule has 0 bridgehead atoms. The number of hydrogen-bond acceptors (Lipinski definition) is 7. The Morgan fingerprint density at radius 2 is 2.18 bits per heavy atom. The predicted octanol–water partition coefficient (Wildman–Crippen LogP) is 0.636. The van der Waals surface area contributed by atoms with Crippen LogP contribution in [0.2, 0.25) is 0 Å². The number of aryl methyl sites for hydroxylation is 1. The summed E-state index contributed by atoms with van der Waals surface area (Å²) in [4.78, 5) is 11.5. The van der Waals surface area contributed by atoms with Gasteiger partial charge in [-0.15, -0.1) is 11.8 Å². The maximum absolute atomic E-state index is 11.5. The van der Waals surface area contributed by atoms with Crippen LogP contribution in [0.3, 0.4) is 0 Å². The molecule has 3 N–H and O–H groups in total. The Morgan fingerprint density at radius 1 is 1.32 bits per heavy atom. The third kappa shape index (κ3) is 2.85. The maximum atomic E-state index is 11.5. The minimum atomic E-state index is -0.929. The summed E-state index contributed by atoms with van der Waals surface area (Å²) in [5.74, 6) is 0.772. The highest BCUT2D eigenvalue weighted by Gasteiger charge is 2.38. The lowest BCUT2D eigenvalue weighted by molar-refractivity contribution is -0.0786. The molecule has 6 nitrogen and oxygen atoms in total. The minimum Gasteiger partial charge on any atom is -0.477 e. The van der Waals surface area contributed by atoms with Crippen LogP contribution in [0.25, 0.3) is 11.0 Å². The summed E-state index contributed by atoms with van der Waals surface area (Å²) in [5.41, 5.74) is 0.107. The van der Waals surface area contributed by atoms with Crippen molar-refractivity contribution in [3.63, 3.8) is 0 Å². The molecule has 0 spiro atoms. The molecule has 3 rings (SSSR count). The molecule has 2 heterocycles. The minimum absolute atomic E-state index is 0.347. The van der Waals surface area contributed by atoms with Gasteiger partial charge in [0, 0.05) is 23.3 Å². The van der Waals surface area contributed by atoms with E-state index >= 15 is 0 Å². The zero-order valence-corrected chi connectivity index (χ0v) is 12.5. The second-order valence-electron chi connectivity index (χ2n) is 5.19. The summed E-state index contributed by atoms with van der Waals surface area (Å²) in [7, 11) is 0. The fraction of sp³-hybridized carbons (Fsp3) is 0.400. The van der Waals surface area contributed by atoms with Gasteiger partial charge in [-0.3, -0.25) is 0 Å². The average molecular weight is 327 g/mol. The average Bonchev–Trinajstić information content (AvgIpc) is 2.60. The van der Waals surface area contributed by atoms with Crippen molar-refractivity contribution in [1.82, 2.24) is 0 Å². The van der Waals surface area contributed by atoms with Gasteiger partial charge in [0.1, 0.15) is 23.5 Å². The second-order valence-corrected chi connectivity index (χ2v) is 6.32. The van der Waals surface area contributed by atoms with E-state index in [1.807, 2.05) is 6.92 Å². The molecule has 118 valence electrons. The Kier molecular flexibility index (Phi) is 3.22. The number of fused-ring (bicyclic) bond motifs is 1. The van der Waals surface area contributed by atoms with Gasteiger partial charge in [0.15, 0.2) is 5.44 Å². The van der Waals surface area contributed by atoms with Crippen molar-refractivity contribution in [3.8, 4) is 5.75 Å². The third-order valence-corrected chi connectivity index (χ3v) is 4.77. The van der Waals surface area contributed by atoms with E-state index in [9.17, 15) is 4.79 Å². The van der Waals surface area contributed by atoms with Crippen LogP contribution < -0.4 is 10.4 Å². The van der Waals surface area contributed by atoms with Crippen molar-refractivity contribution in [1.29, 1.82) is 4.29 Å². The van der Waals surface area contributed by atoms with Crippen molar-refractivity contribution in [3.05, 3.63) is 40.2 Å². The molecule has 2 aromatic rings. The Morgan fingerprint density at radius 3 is 2.95 bits per heavy atom. The molecular weight excluding hydrogens is 308 g/mol. The molecule has 1 saturated heterocycles. The lowest BCUT2D eigenvalue weighted by Gasteiger charge is -2.34. The van der Waals surface area contributed by atoms with Crippen molar-refractivity contribution in [2.75, 3.05) is 5.75 Å². The third-order valence-electron chi connectivity index (χ3n) is 3.56. The van der Waals surface area contributed by atoms with Gasteiger partial charge in [0.25, 0.3) is 0 Å². The van der Waals surface area contributed by atoms with Gasteiger partial charge in [0.05, 0.1) is 6.10 Å². The summed E-state index contributed by atoms with van der Waals surface area (Å²) in [5, 5.41) is 14.6. The van der Waals surface area contributed by atoms with E-state index < -0.39 is 29.4 Å². The van der Waals surface area contributed by atoms with Crippen LogP contribution in [0.1, 0.15) is 5.56 Å². The van der Waals surface area contributed by atoms with Crippen molar-refractivity contribution < 1.29 is 24.5 Å². The zero-order valence-electron chi connectivity index (χ0n) is 14.7. The summed E-state index contributed by atoms with van der Waals surface area (Å²) < 4.78 is 32.5. The van der Waals surface area contributed by atoms with Crippen molar-refractivity contribution in [2.45, 2.75) is 30.7 Å². The number of ether oxygens (including phenoxy) is 1. The summed E-state index contributed by atoms with van der Waals surface area (Å²) in [6.45, 7) is 1.82. The molecule has 4 atom stereocenters. The first-order valence-corrected chi connectivity index (χ1v) is 7.81. The molecule has 0 aliphatic carbocycles. The van der Waals surface area contributed by atoms with Gasteiger partial charge < -0.3 is 24.5 Å². The fourth-order valence-corrected chi connectivity index (χ4v) is 3.45. The summed E-state index contributed by atoms with van der Waals surface area (Å²) in [6.07, 6.45) is -2.55. The molecule has 0 radical (unpaired) electrons. The SMILES string of the molecule is [2H]O[C@@H]1[C@@H](O[2H])[C@H](O[2H])CS[C@H]1Oc1ccc2c(C)cc(=O)oc2c1. The van der Waals surface area contributed by atoms with Crippen LogP contribution >= 0.6 is 11.8 Å². The van der Waals surface area contributed by atoms with Gasteiger partial charge in [-0.05, 0) is 24.6 Å². The summed E-state index contributed by atoms with van der Waals surface area (Å²) >= 11 is 1.29. The standard InChI is InChI=1S/C15H16O6S/c1-7-4-12(17)21-11-5-8(2-3-9(7)11)20-15-14(19)13(18)10(16)6-22-15/h2-5,10,13-16,18-19H,6H2,1H3/t10-,13+,14-,15-/m1/s1/i16D,18D,19D.